The van der Waals surface area contributed by atoms with Gasteiger partial charge in [0.05, 0.1) is 11.0 Å². The van der Waals surface area contributed by atoms with E-state index in [4.69, 9.17) is 9.47 Å². The number of carbonyl (C=O) groups excluding carboxylic acids is 4. The number of carbonyl (C=O) groups is 4. The van der Waals surface area contributed by atoms with E-state index in [1.165, 1.54) is 19.1 Å². The summed E-state index contributed by atoms with van der Waals surface area (Å²) in [6, 6.07) is 8.33. The number of ketones is 2. The predicted octanol–water partition coefficient (Wildman–Crippen LogP) is 3.73. The predicted molar refractivity (Wildman–Crippen MR) is 133 cm³/mol. The highest BCUT2D eigenvalue weighted by Gasteiger charge is 2.74. The largest absolute Gasteiger partial charge is 0.505 e. The summed E-state index contributed by atoms with van der Waals surface area (Å²) in [7, 11) is 0. The van der Waals surface area contributed by atoms with Gasteiger partial charge >= 0.3 is 11.9 Å². The Bertz CT molecular complexity index is 1200. The molecule has 3 aliphatic carbocycles. The zero-order valence-corrected chi connectivity index (χ0v) is 21.8. The molecular weight excluding hydrogens is 476 g/mol. The third kappa shape index (κ3) is 3.84. The number of hydrogen-bond donors (Lipinski definition) is 2. The number of benzene rings is 1. The monoisotopic (exact) mass is 510 g/mol. The van der Waals surface area contributed by atoms with Crippen LogP contribution in [0.3, 0.4) is 0 Å². The zero-order chi connectivity index (χ0) is 27.6. The van der Waals surface area contributed by atoms with Crippen molar-refractivity contribution >= 4 is 23.5 Å². The van der Waals surface area contributed by atoms with E-state index in [9.17, 15) is 29.4 Å². The maximum absolute atomic E-state index is 14.0. The number of hydrogen-bond acceptors (Lipinski definition) is 8. The number of esters is 2. The first kappa shape index (κ1) is 26.8. The van der Waals surface area contributed by atoms with Crippen LogP contribution in [0.15, 0.2) is 54.8 Å². The van der Waals surface area contributed by atoms with Gasteiger partial charge < -0.3 is 19.7 Å². The molecule has 4 rings (SSSR count). The molecule has 8 heteroatoms. The summed E-state index contributed by atoms with van der Waals surface area (Å²) in [5, 5.41) is 23.1. The van der Waals surface area contributed by atoms with Crippen molar-refractivity contribution in [3.8, 4) is 0 Å². The molecule has 2 fully saturated rings. The van der Waals surface area contributed by atoms with Crippen LogP contribution >= 0.6 is 0 Å². The highest BCUT2D eigenvalue weighted by molar-refractivity contribution is 6.00. The van der Waals surface area contributed by atoms with Crippen LogP contribution < -0.4 is 0 Å². The van der Waals surface area contributed by atoms with Crippen LogP contribution in [0.1, 0.15) is 57.8 Å². The van der Waals surface area contributed by atoms with Crippen LogP contribution in [0.2, 0.25) is 0 Å². The Balaban J connectivity index is 1.95. The number of ether oxygens (including phenoxy) is 2. The summed E-state index contributed by atoms with van der Waals surface area (Å²) in [6.45, 7) is 11.7. The van der Waals surface area contributed by atoms with Gasteiger partial charge in [-0.1, -0.05) is 45.0 Å². The molecule has 2 saturated carbocycles. The summed E-state index contributed by atoms with van der Waals surface area (Å²) >= 11 is 0. The quantitative estimate of drug-likeness (QED) is 0.463. The Morgan fingerprint density at radius 2 is 1.70 bits per heavy atom. The number of rotatable bonds is 4. The number of aliphatic hydroxyl groups is 2. The number of allylic oxidation sites excluding steroid dienone is 3. The molecule has 0 aliphatic heterocycles. The SMILES string of the molecule is C=C[C@@]1(C)C[C@@H](OC(=O)c2ccccc2)[C@H]2[C@@]3(C)C=C(O)C(=O)C(C)(C)[C@@H]3C[C@@H](OC(C)=O)[C@@]2(O)C1=O. The highest BCUT2D eigenvalue weighted by atomic mass is 16.6. The highest BCUT2D eigenvalue weighted by Crippen LogP contribution is 2.65. The molecule has 0 amide bonds. The standard InChI is InChI=1S/C29H34O8/c1-7-27(5)15-19(37-24(33)17-11-9-8-10-12-17)22-28(6)14-18(31)23(32)26(3,4)20(28)13-21(36-16(2)30)29(22,35)25(27)34/h7-12,14,19-22,31,35H,1,13,15H2,2-6H3/t19-,20+,21-,22+,27+,28+,29+/m1/s1. The molecule has 3 aliphatic rings. The minimum Gasteiger partial charge on any atom is -0.505 e. The van der Waals surface area contributed by atoms with Gasteiger partial charge in [0.1, 0.15) is 12.2 Å². The van der Waals surface area contributed by atoms with Crippen LogP contribution in [-0.4, -0.2) is 51.5 Å². The van der Waals surface area contributed by atoms with Gasteiger partial charge in [-0.2, -0.15) is 0 Å². The normalized spacial score (nSPS) is 38.5. The van der Waals surface area contributed by atoms with E-state index in [0.717, 1.165) is 0 Å². The topological polar surface area (TPSA) is 127 Å². The molecular formula is C29H34O8. The molecule has 0 heterocycles. The van der Waals surface area contributed by atoms with Crippen molar-refractivity contribution in [2.24, 2.45) is 28.1 Å². The van der Waals surface area contributed by atoms with Crippen LogP contribution in [0.4, 0.5) is 0 Å². The molecule has 7 atom stereocenters. The molecule has 0 radical (unpaired) electrons. The second kappa shape index (κ2) is 8.65. The van der Waals surface area contributed by atoms with E-state index >= 15 is 0 Å². The van der Waals surface area contributed by atoms with Crippen molar-refractivity contribution in [3.63, 3.8) is 0 Å². The molecule has 37 heavy (non-hydrogen) atoms. The number of Topliss-reactive ketones (excluding diaryl/α,β-unsaturated/α-hetero) is 2. The molecule has 1 aromatic carbocycles. The maximum atomic E-state index is 14.0. The van der Waals surface area contributed by atoms with E-state index in [0.29, 0.717) is 0 Å². The third-order valence-electron chi connectivity index (χ3n) is 8.88. The lowest BCUT2D eigenvalue weighted by Gasteiger charge is -2.64. The molecule has 1 aromatic rings. The second-order valence-electron chi connectivity index (χ2n) is 11.6. The first-order valence-corrected chi connectivity index (χ1v) is 12.4. The maximum Gasteiger partial charge on any atom is 0.338 e. The van der Waals surface area contributed by atoms with Gasteiger partial charge in [-0.15, -0.1) is 6.58 Å². The lowest BCUT2D eigenvalue weighted by molar-refractivity contribution is -0.247. The molecule has 0 saturated heterocycles. The second-order valence-corrected chi connectivity index (χ2v) is 11.6. The van der Waals surface area contributed by atoms with Crippen molar-refractivity contribution < 1.29 is 38.9 Å². The number of aliphatic hydroxyl groups excluding tert-OH is 1. The van der Waals surface area contributed by atoms with Gasteiger partial charge in [-0.05, 0) is 37.5 Å². The van der Waals surface area contributed by atoms with Crippen molar-refractivity contribution in [1.29, 1.82) is 0 Å². The van der Waals surface area contributed by atoms with Gasteiger partial charge in [-0.3, -0.25) is 14.4 Å². The minimum atomic E-state index is -2.28. The molecule has 0 bridgehead atoms. The minimum absolute atomic E-state index is 0.0100. The molecule has 0 aromatic heterocycles. The molecule has 0 unspecified atom stereocenters. The fourth-order valence-electron chi connectivity index (χ4n) is 7.11. The third-order valence-corrected chi connectivity index (χ3v) is 8.88. The summed E-state index contributed by atoms with van der Waals surface area (Å²) in [5.74, 6) is -4.62. The van der Waals surface area contributed by atoms with Gasteiger partial charge in [0.15, 0.2) is 17.1 Å². The molecule has 2 N–H and O–H groups in total. The Hall–Kier alpha value is -3.26. The van der Waals surface area contributed by atoms with E-state index in [1.54, 1.807) is 58.0 Å². The molecule has 0 spiro atoms. The Labute approximate surface area is 216 Å². The van der Waals surface area contributed by atoms with E-state index < -0.39 is 75.2 Å². The smallest absolute Gasteiger partial charge is 0.338 e. The van der Waals surface area contributed by atoms with Crippen LogP contribution in [0, 0.1) is 28.1 Å². The number of fused-ring (bicyclic) bond motifs is 3. The summed E-state index contributed by atoms with van der Waals surface area (Å²) in [4.78, 5) is 52.4. The van der Waals surface area contributed by atoms with Gasteiger partial charge in [0.2, 0.25) is 5.78 Å². The zero-order valence-electron chi connectivity index (χ0n) is 21.8. The van der Waals surface area contributed by atoms with E-state index in [-0.39, 0.29) is 18.4 Å². The average Bonchev–Trinajstić information content (AvgIpc) is 2.83. The molecule has 198 valence electrons. The lowest BCUT2D eigenvalue weighted by atomic mass is 9.41. The van der Waals surface area contributed by atoms with E-state index in [2.05, 4.69) is 6.58 Å². The lowest BCUT2D eigenvalue weighted by Crippen LogP contribution is -2.75. The van der Waals surface area contributed by atoms with E-state index in [1.807, 2.05) is 0 Å². The summed E-state index contributed by atoms with van der Waals surface area (Å²) in [6.07, 6.45) is 0.436. The van der Waals surface area contributed by atoms with Crippen LogP contribution in [-0.2, 0) is 23.9 Å². The van der Waals surface area contributed by atoms with Crippen molar-refractivity contribution in [2.75, 3.05) is 0 Å². The van der Waals surface area contributed by atoms with Crippen LogP contribution in [0.5, 0.6) is 0 Å². The fourth-order valence-corrected chi connectivity index (χ4v) is 7.11. The summed E-state index contributed by atoms with van der Waals surface area (Å²) < 4.78 is 11.6. The molecule has 8 nitrogen and oxygen atoms in total. The van der Waals surface area contributed by atoms with Crippen molar-refractivity contribution in [2.45, 2.75) is 65.3 Å². The first-order valence-electron chi connectivity index (χ1n) is 12.4. The van der Waals surface area contributed by atoms with Crippen molar-refractivity contribution in [3.05, 3.63) is 60.4 Å². The average molecular weight is 511 g/mol. The van der Waals surface area contributed by atoms with Gasteiger partial charge in [0.25, 0.3) is 0 Å². The Morgan fingerprint density at radius 3 is 2.27 bits per heavy atom. The van der Waals surface area contributed by atoms with Gasteiger partial charge in [-0.25, -0.2) is 4.79 Å². The Kier molecular flexibility index (Phi) is 6.27. The summed E-state index contributed by atoms with van der Waals surface area (Å²) in [5.41, 5.74) is -5.60. The Morgan fingerprint density at radius 1 is 1.08 bits per heavy atom. The van der Waals surface area contributed by atoms with Crippen LogP contribution in [0.25, 0.3) is 0 Å². The fraction of sp³-hybridized carbons (Fsp3) is 0.517. The van der Waals surface area contributed by atoms with Gasteiger partial charge in [0, 0.05) is 30.1 Å². The van der Waals surface area contributed by atoms with Crippen molar-refractivity contribution in [1.82, 2.24) is 0 Å². The first-order chi connectivity index (χ1) is 17.1.